The molecular weight excluding hydrogens is 452 g/mol. The van der Waals surface area contributed by atoms with Gasteiger partial charge >= 0.3 is 6.03 Å². The second-order valence-corrected chi connectivity index (χ2v) is 9.45. The zero-order chi connectivity index (χ0) is 25.1. The average Bonchev–Trinajstić information content (AvgIpc) is 3.14. The van der Waals surface area contributed by atoms with E-state index in [1.807, 2.05) is 54.6 Å². The van der Waals surface area contributed by atoms with E-state index in [1.165, 1.54) is 11.1 Å². The number of nitrogens with zero attached hydrogens (tertiary/aromatic N) is 3. The fraction of sp³-hybridized carbons (Fsp3) is 0.276. The summed E-state index contributed by atoms with van der Waals surface area (Å²) < 4.78 is 0. The van der Waals surface area contributed by atoms with Gasteiger partial charge in [-0.25, -0.2) is 4.79 Å². The van der Waals surface area contributed by atoms with Gasteiger partial charge in [-0.3, -0.25) is 19.4 Å². The van der Waals surface area contributed by atoms with Crippen molar-refractivity contribution >= 4 is 17.8 Å². The van der Waals surface area contributed by atoms with Gasteiger partial charge in [0.15, 0.2) is 0 Å². The van der Waals surface area contributed by atoms with Crippen LogP contribution in [0.4, 0.5) is 4.79 Å². The number of carbonyl (C=O) groups excluding carboxylic acids is 3. The van der Waals surface area contributed by atoms with E-state index < -0.39 is 17.5 Å². The van der Waals surface area contributed by atoms with Crippen LogP contribution in [0, 0.1) is 0 Å². The Balaban J connectivity index is 1.25. The monoisotopic (exact) mass is 482 g/mol. The smallest absolute Gasteiger partial charge is 0.325 e. The number of carbonyl (C=O) groups is 3. The molecule has 0 aliphatic carbocycles. The van der Waals surface area contributed by atoms with Crippen molar-refractivity contribution in [3.05, 3.63) is 108 Å². The Labute approximate surface area is 211 Å². The summed E-state index contributed by atoms with van der Waals surface area (Å²) in [5, 5.41) is 2.77. The van der Waals surface area contributed by atoms with Crippen LogP contribution in [0.1, 0.15) is 29.7 Å². The molecule has 0 spiro atoms. The molecule has 3 aromatic carbocycles. The quantitative estimate of drug-likeness (QED) is 0.547. The summed E-state index contributed by atoms with van der Waals surface area (Å²) in [6.07, 6.45) is 0. The van der Waals surface area contributed by atoms with Crippen LogP contribution in [0.2, 0.25) is 0 Å². The molecule has 2 aliphatic rings. The number of amides is 4. The van der Waals surface area contributed by atoms with Gasteiger partial charge < -0.3 is 10.2 Å². The zero-order valence-corrected chi connectivity index (χ0v) is 20.3. The van der Waals surface area contributed by atoms with Crippen molar-refractivity contribution in [2.24, 2.45) is 0 Å². The molecule has 3 aromatic rings. The number of benzene rings is 3. The number of piperazine rings is 1. The van der Waals surface area contributed by atoms with Gasteiger partial charge in [0.1, 0.15) is 12.1 Å². The summed E-state index contributed by atoms with van der Waals surface area (Å²) in [6.45, 7) is 3.89. The summed E-state index contributed by atoms with van der Waals surface area (Å²) in [7, 11) is 0. The van der Waals surface area contributed by atoms with Gasteiger partial charge in [-0.1, -0.05) is 91.0 Å². The highest BCUT2D eigenvalue weighted by atomic mass is 16.2. The molecule has 1 N–H and O–H groups in total. The average molecular weight is 483 g/mol. The van der Waals surface area contributed by atoms with Crippen LogP contribution in [0.5, 0.6) is 0 Å². The Morgan fingerprint density at radius 3 is 1.83 bits per heavy atom. The van der Waals surface area contributed by atoms with Gasteiger partial charge in [0.05, 0.1) is 6.04 Å². The maximum Gasteiger partial charge on any atom is 0.325 e. The molecule has 2 saturated heterocycles. The molecule has 7 heteroatoms. The SMILES string of the molecule is C[C@]1(c2ccccc2)NC(=O)N(CC(=O)N2CCN(C(c3ccccc3)c3ccccc3)CC2)C1=O. The highest BCUT2D eigenvalue weighted by Crippen LogP contribution is 2.30. The molecule has 2 heterocycles. The summed E-state index contributed by atoms with van der Waals surface area (Å²) in [4.78, 5) is 44.2. The third kappa shape index (κ3) is 4.50. The molecule has 5 rings (SSSR count). The van der Waals surface area contributed by atoms with Gasteiger partial charge in [0.2, 0.25) is 5.91 Å². The highest BCUT2D eigenvalue weighted by molar-refractivity contribution is 6.09. The Morgan fingerprint density at radius 1 is 0.806 bits per heavy atom. The van der Waals surface area contributed by atoms with E-state index >= 15 is 0 Å². The number of urea groups is 1. The van der Waals surface area contributed by atoms with E-state index in [4.69, 9.17) is 0 Å². The molecule has 0 aromatic heterocycles. The Morgan fingerprint density at radius 2 is 1.31 bits per heavy atom. The first-order chi connectivity index (χ1) is 17.5. The van der Waals surface area contributed by atoms with Gasteiger partial charge in [-0.15, -0.1) is 0 Å². The van der Waals surface area contributed by atoms with E-state index in [9.17, 15) is 14.4 Å². The number of rotatable bonds is 6. The maximum absolute atomic E-state index is 13.2. The number of hydrogen-bond donors (Lipinski definition) is 1. The Hall–Kier alpha value is -3.97. The maximum atomic E-state index is 13.2. The van der Waals surface area contributed by atoms with Crippen LogP contribution >= 0.6 is 0 Å². The van der Waals surface area contributed by atoms with Crippen LogP contribution in [0.15, 0.2) is 91.0 Å². The second kappa shape index (κ2) is 9.95. The normalized spacial score (nSPS) is 20.6. The molecule has 2 aliphatic heterocycles. The second-order valence-electron chi connectivity index (χ2n) is 9.45. The lowest BCUT2D eigenvalue weighted by atomic mass is 9.92. The fourth-order valence-corrected chi connectivity index (χ4v) is 5.16. The van der Waals surface area contributed by atoms with Crippen molar-refractivity contribution in [2.45, 2.75) is 18.5 Å². The van der Waals surface area contributed by atoms with Crippen LogP contribution in [-0.4, -0.2) is 65.3 Å². The zero-order valence-electron chi connectivity index (χ0n) is 20.3. The topological polar surface area (TPSA) is 73.0 Å². The lowest BCUT2D eigenvalue weighted by molar-refractivity contribution is -0.140. The van der Waals surface area contributed by atoms with E-state index in [2.05, 4.69) is 34.5 Å². The fourth-order valence-electron chi connectivity index (χ4n) is 5.16. The summed E-state index contributed by atoms with van der Waals surface area (Å²) in [6, 6.07) is 29.4. The summed E-state index contributed by atoms with van der Waals surface area (Å²) in [5.74, 6) is -0.620. The minimum atomic E-state index is -1.17. The van der Waals surface area contributed by atoms with E-state index in [-0.39, 0.29) is 18.5 Å². The number of imide groups is 1. The van der Waals surface area contributed by atoms with Gasteiger partial charge in [0, 0.05) is 26.2 Å². The van der Waals surface area contributed by atoms with Crippen molar-refractivity contribution in [1.82, 2.24) is 20.0 Å². The van der Waals surface area contributed by atoms with Crippen LogP contribution in [0.25, 0.3) is 0 Å². The van der Waals surface area contributed by atoms with E-state index in [0.717, 1.165) is 4.90 Å². The first-order valence-electron chi connectivity index (χ1n) is 12.3. The first kappa shape index (κ1) is 23.8. The third-order valence-corrected chi connectivity index (χ3v) is 7.18. The lowest BCUT2D eigenvalue weighted by Gasteiger charge is -2.40. The standard InChI is InChI=1S/C29H30N4O3/c1-29(24-15-9-4-10-16-24)27(35)33(28(36)30-29)21-25(34)31-17-19-32(20-18-31)26(22-11-5-2-6-12-22)23-13-7-3-8-14-23/h2-16,26H,17-21H2,1H3,(H,30,36)/t29-/m1/s1. The van der Waals surface area contributed by atoms with Crippen LogP contribution in [0.3, 0.4) is 0 Å². The van der Waals surface area contributed by atoms with Crippen LogP contribution < -0.4 is 5.32 Å². The van der Waals surface area contributed by atoms with Gasteiger partial charge in [0.25, 0.3) is 5.91 Å². The molecule has 4 amide bonds. The molecule has 0 saturated carbocycles. The summed E-state index contributed by atoms with van der Waals surface area (Å²) in [5.41, 5.74) is 1.95. The van der Waals surface area contributed by atoms with Crippen molar-refractivity contribution in [3.63, 3.8) is 0 Å². The molecule has 1 atom stereocenters. The molecule has 0 bridgehead atoms. The lowest BCUT2D eigenvalue weighted by Crippen LogP contribution is -2.52. The molecule has 184 valence electrons. The molecular formula is C29H30N4O3. The molecule has 2 fully saturated rings. The molecule has 7 nitrogen and oxygen atoms in total. The van der Waals surface area contributed by atoms with Crippen molar-refractivity contribution in [2.75, 3.05) is 32.7 Å². The first-order valence-corrected chi connectivity index (χ1v) is 12.3. The van der Waals surface area contributed by atoms with E-state index in [1.54, 1.807) is 24.0 Å². The third-order valence-electron chi connectivity index (χ3n) is 7.18. The van der Waals surface area contributed by atoms with Crippen molar-refractivity contribution in [3.8, 4) is 0 Å². The van der Waals surface area contributed by atoms with Crippen molar-refractivity contribution in [1.29, 1.82) is 0 Å². The largest absolute Gasteiger partial charge is 0.339 e. The number of hydrogen-bond acceptors (Lipinski definition) is 4. The minimum absolute atomic E-state index is 0.0992. The number of nitrogens with one attached hydrogen (secondary N) is 1. The molecule has 0 unspecified atom stereocenters. The van der Waals surface area contributed by atoms with Crippen molar-refractivity contribution < 1.29 is 14.4 Å². The van der Waals surface area contributed by atoms with Gasteiger partial charge in [-0.05, 0) is 23.6 Å². The van der Waals surface area contributed by atoms with Crippen LogP contribution in [-0.2, 0) is 15.1 Å². The Kier molecular flexibility index (Phi) is 6.57. The molecule has 0 radical (unpaired) electrons. The van der Waals surface area contributed by atoms with E-state index in [0.29, 0.717) is 31.7 Å². The predicted octanol–water partition coefficient (Wildman–Crippen LogP) is 3.39. The van der Waals surface area contributed by atoms with Gasteiger partial charge in [-0.2, -0.15) is 0 Å². The molecule has 36 heavy (non-hydrogen) atoms. The summed E-state index contributed by atoms with van der Waals surface area (Å²) >= 11 is 0. The highest BCUT2D eigenvalue weighted by Gasteiger charge is 2.49. The minimum Gasteiger partial charge on any atom is -0.339 e. The predicted molar refractivity (Wildman–Crippen MR) is 137 cm³/mol. The Bertz CT molecular complexity index is 1190.